The Kier molecular flexibility index (Phi) is 5.70. The Hall–Kier alpha value is -4.19. The molecule has 0 aliphatic heterocycles. The van der Waals surface area contributed by atoms with Crippen molar-refractivity contribution in [2.45, 2.75) is 13.1 Å². The molecular weight excluding hydrogens is 696 g/mol. The summed E-state index contributed by atoms with van der Waals surface area (Å²) in [5, 5.41) is 16.4. The number of para-hydroxylation sites is 2. The van der Waals surface area contributed by atoms with Gasteiger partial charge in [-0.05, 0) is 35.6 Å². The number of fused-ring (bicyclic) bond motifs is 6. The molecule has 0 saturated carbocycles. The molecule has 0 radical (unpaired) electrons. The topological polar surface area (TPSA) is 61.9 Å². The summed E-state index contributed by atoms with van der Waals surface area (Å²) in [4.78, 5) is 0. The Morgan fingerprint density at radius 1 is 0.675 bits per heavy atom. The fraction of sp³-hybridized carbons (Fsp3) is 0.0625. The van der Waals surface area contributed by atoms with Crippen molar-refractivity contribution in [2.24, 2.45) is 0 Å². The molecule has 0 fully saturated rings. The van der Waals surface area contributed by atoms with Crippen LogP contribution in [0.5, 0.6) is 0 Å². The summed E-state index contributed by atoms with van der Waals surface area (Å²) in [5.74, 6) is 0. The maximum absolute atomic E-state index is 6.21. The molecule has 4 heterocycles. The van der Waals surface area contributed by atoms with Gasteiger partial charge in [-0.25, -0.2) is 0 Å². The first-order chi connectivity index (χ1) is 19.1. The molecule has 0 aliphatic carbocycles. The van der Waals surface area contributed by atoms with Crippen LogP contribution in [0.15, 0.2) is 106 Å². The minimum Gasteiger partial charge on any atom is -0.516 e. The molecule has 40 heavy (non-hydrogen) atoms. The number of aromatic nitrogens is 4. The van der Waals surface area contributed by atoms with E-state index in [-0.39, 0.29) is 21.1 Å². The van der Waals surface area contributed by atoms with Crippen molar-refractivity contribution in [3.05, 3.63) is 109 Å². The van der Waals surface area contributed by atoms with E-state index in [2.05, 4.69) is 55.6 Å². The Morgan fingerprint density at radius 3 is 2.10 bits per heavy atom. The molecule has 4 aromatic heterocycles. The first kappa shape index (κ1) is 24.8. The van der Waals surface area contributed by atoms with Crippen LogP contribution >= 0.6 is 0 Å². The molecule has 8 aromatic rings. The van der Waals surface area contributed by atoms with Gasteiger partial charge in [-0.2, -0.15) is 34.5 Å². The maximum Gasteiger partial charge on any atom is 2.00 e. The first-order valence-corrected chi connectivity index (χ1v) is 15.8. The van der Waals surface area contributed by atoms with Gasteiger partial charge in [0.2, 0.25) is 0 Å². The summed E-state index contributed by atoms with van der Waals surface area (Å²) in [6.45, 7) is 4.54. The van der Waals surface area contributed by atoms with E-state index in [4.69, 9.17) is 19.0 Å². The fourth-order valence-electron chi connectivity index (χ4n) is 5.34. The van der Waals surface area contributed by atoms with Crippen LogP contribution in [-0.4, -0.2) is 27.6 Å². The van der Waals surface area contributed by atoms with Gasteiger partial charge in [0.1, 0.15) is 11.2 Å². The van der Waals surface area contributed by atoms with Crippen LogP contribution in [0.4, 0.5) is 0 Å². The molecule has 0 aliphatic rings. The molecule has 0 N–H and O–H groups in total. The van der Waals surface area contributed by atoms with Gasteiger partial charge < -0.3 is 8.83 Å². The van der Waals surface area contributed by atoms with E-state index >= 15 is 0 Å². The quantitative estimate of drug-likeness (QED) is 0.159. The molecule has 8 rings (SSSR count). The van der Waals surface area contributed by atoms with Gasteiger partial charge in [0.15, 0.2) is 8.07 Å². The van der Waals surface area contributed by atoms with E-state index in [0.717, 1.165) is 65.9 Å². The van der Waals surface area contributed by atoms with Gasteiger partial charge in [0, 0.05) is 34.3 Å². The Bertz CT molecular complexity index is 2190. The predicted molar refractivity (Wildman–Crippen MR) is 156 cm³/mol. The molecule has 0 bridgehead atoms. The van der Waals surface area contributed by atoms with E-state index in [1.54, 1.807) is 0 Å². The van der Waals surface area contributed by atoms with Gasteiger partial charge in [0.05, 0.1) is 10.6 Å². The number of hydrogen-bond donors (Lipinski definition) is 0. The minimum absolute atomic E-state index is 0. The molecule has 0 unspecified atom stereocenters. The zero-order valence-corrected chi connectivity index (χ0v) is 24.9. The van der Waals surface area contributed by atoms with Crippen LogP contribution in [0.25, 0.3) is 55.3 Å². The second-order valence-electron chi connectivity index (χ2n) is 10.3. The van der Waals surface area contributed by atoms with Crippen molar-refractivity contribution in [2.75, 3.05) is 0 Å². The van der Waals surface area contributed by atoms with Gasteiger partial charge in [-0.1, -0.05) is 60.3 Å². The predicted octanol–water partition coefficient (Wildman–Crippen LogP) is 6.28. The largest absolute Gasteiger partial charge is 2.00 e. The molecule has 0 spiro atoms. The number of hydrogen-bond acceptors (Lipinski definition) is 4. The standard InChI is InChI=1S/C32H22N4O2Si.Pt/c1-39(2,30-16-18-35(33-30)21-14-15-29-25(20-21)23-9-4-5-12-27(23)37-29)31-17-19-36(34-31)26-11-7-10-24-22-8-3-6-13-28(22)38-32(24)26;/h3-10,12-13,15-20H,1-2H3;/q-2;+2. The van der Waals surface area contributed by atoms with Crippen LogP contribution < -0.4 is 10.6 Å². The third kappa shape index (κ3) is 3.73. The van der Waals surface area contributed by atoms with Gasteiger partial charge in [0.25, 0.3) is 0 Å². The van der Waals surface area contributed by atoms with Crippen LogP contribution in [0.2, 0.25) is 13.1 Å². The second-order valence-corrected chi connectivity index (χ2v) is 14.6. The average molecular weight is 718 g/mol. The zero-order valence-electron chi connectivity index (χ0n) is 21.7. The molecular formula is C32H22N4O2PtSi. The Morgan fingerprint density at radius 2 is 1.32 bits per heavy atom. The van der Waals surface area contributed by atoms with Crippen molar-refractivity contribution < 1.29 is 29.9 Å². The summed E-state index contributed by atoms with van der Waals surface area (Å²) < 4.78 is 16.0. The molecule has 196 valence electrons. The number of nitrogens with zero attached hydrogens (tertiary/aromatic N) is 4. The van der Waals surface area contributed by atoms with Gasteiger partial charge >= 0.3 is 21.1 Å². The van der Waals surface area contributed by atoms with Crippen LogP contribution in [-0.2, 0) is 21.1 Å². The van der Waals surface area contributed by atoms with E-state index in [1.807, 2.05) is 76.4 Å². The van der Waals surface area contributed by atoms with Crippen LogP contribution in [0.3, 0.4) is 0 Å². The van der Waals surface area contributed by atoms with E-state index in [9.17, 15) is 0 Å². The smallest absolute Gasteiger partial charge is 0.516 e. The number of benzene rings is 4. The van der Waals surface area contributed by atoms with Crippen LogP contribution in [0.1, 0.15) is 0 Å². The average Bonchev–Trinajstić information content (AvgIpc) is 3.76. The number of furan rings is 2. The number of rotatable bonds is 4. The van der Waals surface area contributed by atoms with Crippen molar-refractivity contribution in [3.63, 3.8) is 0 Å². The zero-order chi connectivity index (χ0) is 26.1. The van der Waals surface area contributed by atoms with E-state index < -0.39 is 8.07 Å². The minimum atomic E-state index is -2.20. The summed E-state index contributed by atoms with van der Waals surface area (Å²) in [5.41, 5.74) is 5.03. The molecule has 0 saturated heterocycles. The Balaban J connectivity index is 0.00000264. The molecule has 0 atom stereocenters. The maximum atomic E-state index is 6.21. The fourth-order valence-corrected chi connectivity index (χ4v) is 7.30. The molecule has 0 amide bonds. The normalized spacial score (nSPS) is 12.1. The monoisotopic (exact) mass is 717 g/mol. The van der Waals surface area contributed by atoms with E-state index in [1.165, 1.54) is 0 Å². The summed E-state index contributed by atoms with van der Waals surface area (Å²) >= 11 is 0. The molecule has 8 heteroatoms. The third-order valence-corrected chi connectivity index (χ3v) is 10.6. The van der Waals surface area contributed by atoms with Crippen LogP contribution in [0, 0.1) is 12.1 Å². The summed E-state index contributed by atoms with van der Waals surface area (Å²) in [6, 6.07) is 35.0. The van der Waals surface area contributed by atoms with Crippen molar-refractivity contribution in [1.82, 2.24) is 19.6 Å². The first-order valence-electron chi connectivity index (χ1n) is 12.8. The van der Waals surface area contributed by atoms with Crippen molar-refractivity contribution >= 4 is 62.6 Å². The van der Waals surface area contributed by atoms with Gasteiger partial charge in [-0.3, -0.25) is 9.36 Å². The molecule has 6 nitrogen and oxygen atoms in total. The molecule has 4 aromatic carbocycles. The summed E-state index contributed by atoms with van der Waals surface area (Å²) in [7, 11) is -2.20. The SMILES string of the molecule is C[Si](C)(c1ccn(-c2[c-]cc3oc4ccccc4c3c2)n1)c1ccn(-c2[c-]ccc3c2oc2ccccc23)n1.[Pt+2]. The third-order valence-electron chi connectivity index (χ3n) is 7.55. The van der Waals surface area contributed by atoms with E-state index in [0.29, 0.717) is 0 Å². The second kappa shape index (κ2) is 9.19. The van der Waals surface area contributed by atoms with Crippen molar-refractivity contribution in [3.8, 4) is 11.4 Å². The Labute approximate surface area is 245 Å². The summed E-state index contributed by atoms with van der Waals surface area (Å²) in [6.07, 6.45) is 4.00. The van der Waals surface area contributed by atoms with Crippen molar-refractivity contribution in [1.29, 1.82) is 0 Å². The van der Waals surface area contributed by atoms with Gasteiger partial charge in [-0.15, -0.1) is 12.1 Å².